The highest BCUT2D eigenvalue weighted by atomic mass is 32.1. The Bertz CT molecular complexity index is 680. The summed E-state index contributed by atoms with van der Waals surface area (Å²) in [6.07, 6.45) is 1.89. The number of hydrogen-bond acceptors (Lipinski definition) is 4. The van der Waals surface area contributed by atoms with Crippen LogP contribution in [0.25, 0.3) is 11.6 Å². The number of nitriles is 1. The van der Waals surface area contributed by atoms with E-state index in [4.69, 9.17) is 9.47 Å². The molecule has 2 aromatic rings. The normalized spacial score (nSPS) is 11.0. The zero-order chi connectivity index (χ0) is 14.5. The molecule has 0 aliphatic heterocycles. The third kappa shape index (κ3) is 3.01. The maximum atomic E-state index is 9.35. The van der Waals surface area contributed by atoms with E-state index in [-0.39, 0.29) is 0 Å². The van der Waals surface area contributed by atoms with Crippen LogP contribution >= 0.6 is 11.3 Å². The molecule has 0 N–H and O–H groups in total. The van der Waals surface area contributed by atoms with Gasteiger partial charge in [-0.15, -0.1) is 11.3 Å². The van der Waals surface area contributed by atoms with E-state index < -0.39 is 0 Å². The van der Waals surface area contributed by atoms with Crippen molar-refractivity contribution in [2.45, 2.75) is 6.92 Å². The van der Waals surface area contributed by atoms with E-state index in [1.165, 1.54) is 4.88 Å². The molecule has 0 radical (unpaired) electrons. The van der Waals surface area contributed by atoms with Gasteiger partial charge < -0.3 is 9.47 Å². The van der Waals surface area contributed by atoms with E-state index in [0.29, 0.717) is 17.1 Å². The van der Waals surface area contributed by atoms with Crippen LogP contribution < -0.4 is 9.47 Å². The summed E-state index contributed by atoms with van der Waals surface area (Å²) in [5.41, 5.74) is 1.42. The molecule has 0 fully saturated rings. The minimum atomic E-state index is 0.604. The fourth-order valence-corrected chi connectivity index (χ4v) is 2.68. The molecule has 4 heteroatoms. The summed E-state index contributed by atoms with van der Waals surface area (Å²) in [4.78, 5) is 2.29. The van der Waals surface area contributed by atoms with Crippen molar-refractivity contribution in [3.8, 4) is 17.6 Å². The number of hydrogen-bond donors (Lipinski definition) is 0. The Morgan fingerprint density at radius 1 is 1.15 bits per heavy atom. The fourth-order valence-electron chi connectivity index (χ4n) is 1.86. The molecule has 1 aromatic heterocycles. The van der Waals surface area contributed by atoms with E-state index in [0.717, 1.165) is 10.4 Å². The quantitative estimate of drug-likeness (QED) is 0.793. The molecule has 0 aliphatic rings. The SMILES string of the molecule is COc1ccc(/C(C#N)=C/c2ccc(C)s2)cc1OC. The van der Waals surface area contributed by atoms with E-state index in [1.807, 2.05) is 37.3 Å². The standard InChI is InChI=1S/C16H15NO2S/c1-11-4-6-14(20-11)8-13(10-17)12-5-7-15(18-2)16(9-12)19-3/h4-9H,1-3H3/b13-8+. The molecule has 0 bridgehead atoms. The van der Waals surface area contributed by atoms with Crippen LogP contribution in [-0.2, 0) is 0 Å². The van der Waals surface area contributed by atoms with Gasteiger partial charge in [-0.3, -0.25) is 0 Å². The molecule has 20 heavy (non-hydrogen) atoms. The fraction of sp³-hybridized carbons (Fsp3) is 0.188. The van der Waals surface area contributed by atoms with Crippen LogP contribution in [0.5, 0.6) is 11.5 Å². The van der Waals surface area contributed by atoms with Gasteiger partial charge in [-0.2, -0.15) is 5.26 Å². The zero-order valence-electron chi connectivity index (χ0n) is 11.6. The Labute approximate surface area is 122 Å². The minimum Gasteiger partial charge on any atom is -0.493 e. The first-order chi connectivity index (χ1) is 9.67. The highest BCUT2D eigenvalue weighted by Gasteiger charge is 2.08. The molecule has 1 aromatic carbocycles. The summed E-state index contributed by atoms with van der Waals surface area (Å²) in [5.74, 6) is 1.27. The largest absolute Gasteiger partial charge is 0.493 e. The van der Waals surface area contributed by atoms with E-state index in [1.54, 1.807) is 31.6 Å². The van der Waals surface area contributed by atoms with Crippen molar-refractivity contribution >= 4 is 23.0 Å². The molecule has 0 amide bonds. The molecule has 0 spiro atoms. The average Bonchev–Trinajstić information content (AvgIpc) is 2.89. The van der Waals surface area contributed by atoms with Gasteiger partial charge in [0.2, 0.25) is 0 Å². The van der Waals surface area contributed by atoms with Gasteiger partial charge in [0.1, 0.15) is 0 Å². The molecule has 3 nitrogen and oxygen atoms in total. The highest BCUT2D eigenvalue weighted by Crippen LogP contribution is 2.31. The number of benzene rings is 1. The van der Waals surface area contributed by atoms with Crippen LogP contribution in [0.2, 0.25) is 0 Å². The molecule has 1 heterocycles. The monoisotopic (exact) mass is 285 g/mol. The van der Waals surface area contributed by atoms with E-state index >= 15 is 0 Å². The first kappa shape index (κ1) is 14.2. The predicted molar refractivity (Wildman–Crippen MR) is 82.1 cm³/mol. The van der Waals surface area contributed by atoms with Crippen LogP contribution in [-0.4, -0.2) is 14.2 Å². The van der Waals surface area contributed by atoms with Gasteiger partial charge >= 0.3 is 0 Å². The van der Waals surface area contributed by atoms with Crippen molar-refractivity contribution in [1.29, 1.82) is 5.26 Å². The van der Waals surface area contributed by atoms with Gasteiger partial charge in [-0.25, -0.2) is 0 Å². The van der Waals surface area contributed by atoms with E-state index in [2.05, 4.69) is 6.07 Å². The molecule has 0 saturated heterocycles. The lowest BCUT2D eigenvalue weighted by atomic mass is 10.1. The average molecular weight is 285 g/mol. The summed E-state index contributed by atoms with van der Waals surface area (Å²) in [7, 11) is 3.17. The Balaban J connectivity index is 2.42. The Morgan fingerprint density at radius 3 is 2.45 bits per heavy atom. The first-order valence-corrected chi connectivity index (χ1v) is 6.90. The van der Waals surface area contributed by atoms with Gasteiger partial charge in [-0.05, 0) is 48.9 Å². The van der Waals surface area contributed by atoms with Crippen LogP contribution in [0.15, 0.2) is 30.3 Å². The Kier molecular flexibility index (Phi) is 4.44. The van der Waals surface area contributed by atoms with Gasteiger partial charge in [0.25, 0.3) is 0 Å². The molecule has 0 unspecified atom stereocenters. The molecular weight excluding hydrogens is 270 g/mol. The number of nitrogens with zero attached hydrogens (tertiary/aromatic N) is 1. The zero-order valence-corrected chi connectivity index (χ0v) is 12.5. The van der Waals surface area contributed by atoms with Crippen molar-refractivity contribution < 1.29 is 9.47 Å². The molecular formula is C16H15NO2S. The number of rotatable bonds is 4. The number of thiophene rings is 1. The lowest BCUT2D eigenvalue weighted by Gasteiger charge is -2.08. The summed E-state index contributed by atoms with van der Waals surface area (Å²) >= 11 is 1.66. The maximum Gasteiger partial charge on any atom is 0.161 e. The molecule has 0 atom stereocenters. The van der Waals surface area contributed by atoms with Gasteiger partial charge in [-0.1, -0.05) is 0 Å². The second-order valence-electron chi connectivity index (χ2n) is 4.19. The second-order valence-corrected chi connectivity index (χ2v) is 5.51. The smallest absolute Gasteiger partial charge is 0.161 e. The third-order valence-electron chi connectivity index (χ3n) is 2.86. The summed E-state index contributed by atoms with van der Waals surface area (Å²) in [5, 5.41) is 9.35. The summed E-state index contributed by atoms with van der Waals surface area (Å²) < 4.78 is 10.5. The lowest BCUT2D eigenvalue weighted by molar-refractivity contribution is 0.355. The molecule has 2 rings (SSSR count). The highest BCUT2D eigenvalue weighted by molar-refractivity contribution is 7.12. The summed E-state index contributed by atoms with van der Waals surface area (Å²) in [6, 6.07) is 11.8. The Morgan fingerprint density at radius 2 is 1.90 bits per heavy atom. The van der Waals surface area contributed by atoms with Crippen molar-refractivity contribution in [3.05, 3.63) is 45.6 Å². The van der Waals surface area contributed by atoms with Gasteiger partial charge in [0.15, 0.2) is 11.5 Å². The van der Waals surface area contributed by atoms with E-state index in [9.17, 15) is 5.26 Å². The Hall–Kier alpha value is -2.25. The van der Waals surface area contributed by atoms with Gasteiger partial charge in [0, 0.05) is 9.75 Å². The van der Waals surface area contributed by atoms with Crippen LogP contribution in [0.3, 0.4) is 0 Å². The van der Waals surface area contributed by atoms with Crippen molar-refractivity contribution in [3.63, 3.8) is 0 Å². The minimum absolute atomic E-state index is 0.604. The molecule has 0 saturated carbocycles. The molecule has 102 valence electrons. The van der Waals surface area contributed by atoms with Crippen molar-refractivity contribution in [1.82, 2.24) is 0 Å². The summed E-state index contributed by atoms with van der Waals surface area (Å²) in [6.45, 7) is 2.05. The maximum absolute atomic E-state index is 9.35. The van der Waals surface area contributed by atoms with Crippen molar-refractivity contribution in [2.75, 3.05) is 14.2 Å². The van der Waals surface area contributed by atoms with Crippen LogP contribution in [0, 0.1) is 18.3 Å². The number of allylic oxidation sites excluding steroid dienone is 1. The number of methoxy groups -OCH3 is 2. The first-order valence-electron chi connectivity index (χ1n) is 6.08. The topological polar surface area (TPSA) is 42.2 Å². The second kappa shape index (κ2) is 6.27. The van der Waals surface area contributed by atoms with Crippen LogP contribution in [0.4, 0.5) is 0 Å². The molecule has 0 aliphatic carbocycles. The third-order valence-corrected chi connectivity index (χ3v) is 3.81. The van der Waals surface area contributed by atoms with Crippen LogP contribution in [0.1, 0.15) is 15.3 Å². The number of ether oxygens (including phenoxy) is 2. The predicted octanol–water partition coefficient (Wildman–Crippen LogP) is 4.14. The lowest BCUT2D eigenvalue weighted by Crippen LogP contribution is -1.92. The van der Waals surface area contributed by atoms with Crippen molar-refractivity contribution in [2.24, 2.45) is 0 Å². The number of aryl methyl sites for hydroxylation is 1. The van der Waals surface area contributed by atoms with Gasteiger partial charge in [0.05, 0.1) is 25.9 Å².